The van der Waals surface area contributed by atoms with Crippen molar-refractivity contribution in [3.05, 3.63) is 76.4 Å². The van der Waals surface area contributed by atoms with Crippen molar-refractivity contribution in [2.75, 3.05) is 17.8 Å². The molecule has 0 fully saturated rings. The van der Waals surface area contributed by atoms with E-state index in [0.29, 0.717) is 25.0 Å². The third kappa shape index (κ3) is 5.02. The van der Waals surface area contributed by atoms with Crippen LogP contribution in [0.15, 0.2) is 54.1 Å². The highest BCUT2D eigenvalue weighted by molar-refractivity contribution is 6.15. The lowest BCUT2D eigenvalue weighted by molar-refractivity contribution is -0.117. The zero-order chi connectivity index (χ0) is 25.0. The lowest BCUT2D eigenvalue weighted by Gasteiger charge is -2.19. The molecule has 1 aliphatic rings. The first-order valence-electron chi connectivity index (χ1n) is 11.5. The number of phenols is 1. The van der Waals surface area contributed by atoms with Gasteiger partial charge in [-0.3, -0.25) is 4.79 Å². The minimum Gasteiger partial charge on any atom is -0.507 e. The van der Waals surface area contributed by atoms with Crippen molar-refractivity contribution in [2.24, 2.45) is 0 Å². The molecule has 1 amide bonds. The molecule has 1 N–H and O–H groups in total. The molecule has 1 aliphatic heterocycles. The third-order valence-corrected chi connectivity index (χ3v) is 6.39. The second kappa shape index (κ2) is 10.9. The summed E-state index contributed by atoms with van der Waals surface area (Å²) in [5.41, 5.74) is 5.69. The fourth-order valence-electron chi connectivity index (χ4n) is 4.73. The number of ketones is 1. The van der Waals surface area contributed by atoms with Gasteiger partial charge >= 0.3 is 0 Å². The van der Waals surface area contributed by atoms with E-state index in [-0.39, 0.29) is 23.4 Å². The van der Waals surface area contributed by atoms with Crippen LogP contribution in [0.3, 0.4) is 0 Å². The van der Waals surface area contributed by atoms with Crippen molar-refractivity contribution >= 4 is 45.8 Å². The van der Waals surface area contributed by atoms with E-state index in [1.165, 1.54) is 6.38 Å². The highest BCUT2D eigenvalue weighted by Crippen LogP contribution is 2.45. The zero-order valence-corrected chi connectivity index (χ0v) is 21.2. The maximum Gasteiger partial charge on any atom is 0.253 e. The molecule has 0 saturated heterocycles. The smallest absolute Gasteiger partial charge is 0.253 e. The number of anilines is 1. The number of amides is 1. The molecule has 4 nitrogen and oxygen atoms in total. The second-order valence-electron chi connectivity index (χ2n) is 8.87. The molecule has 34 heavy (non-hydrogen) atoms. The van der Waals surface area contributed by atoms with Crippen LogP contribution in [0.2, 0.25) is 0 Å². The number of rotatable bonds is 5. The largest absolute Gasteiger partial charge is 0.507 e. The molecule has 0 bridgehead atoms. The number of fused-ring (bicyclic) bond motifs is 3. The molecule has 4 rings (SSSR count). The fourth-order valence-corrected chi connectivity index (χ4v) is 4.73. The summed E-state index contributed by atoms with van der Waals surface area (Å²) in [6.07, 6.45) is 4.56. The summed E-state index contributed by atoms with van der Waals surface area (Å²) in [6, 6.07) is 15.6. The number of hydrogen-bond acceptors (Lipinski definition) is 3. The van der Waals surface area contributed by atoms with Crippen molar-refractivity contribution in [1.29, 1.82) is 0 Å². The predicted molar refractivity (Wildman–Crippen MR) is 142 cm³/mol. The van der Waals surface area contributed by atoms with Gasteiger partial charge in [0.05, 0.1) is 5.69 Å². The number of carbonyl (C=O) groups excluding carboxylic acids is 2. The van der Waals surface area contributed by atoms with Crippen LogP contribution in [-0.2, 0) is 16.0 Å². The lowest BCUT2D eigenvalue weighted by Crippen LogP contribution is -2.30. The van der Waals surface area contributed by atoms with Crippen LogP contribution in [-0.4, -0.2) is 29.7 Å². The molecule has 178 valence electrons. The van der Waals surface area contributed by atoms with E-state index in [1.54, 1.807) is 17.9 Å². The summed E-state index contributed by atoms with van der Waals surface area (Å²) in [5, 5.41) is 12.4. The number of nitrogens with zero attached hydrogens (tertiary/aromatic N) is 1. The van der Waals surface area contributed by atoms with Gasteiger partial charge in [0, 0.05) is 42.3 Å². The van der Waals surface area contributed by atoms with Gasteiger partial charge in [-0.05, 0) is 60.9 Å². The van der Waals surface area contributed by atoms with Crippen molar-refractivity contribution in [3.63, 3.8) is 0 Å². The van der Waals surface area contributed by atoms with Gasteiger partial charge in [0.25, 0.3) is 5.91 Å². The molecule has 3 aromatic carbocycles. The Morgan fingerprint density at radius 2 is 1.76 bits per heavy atom. The molecular formula is C29H32ClNO3. The van der Waals surface area contributed by atoms with E-state index in [2.05, 4.69) is 18.5 Å². The maximum atomic E-state index is 13.5. The Morgan fingerprint density at radius 3 is 2.44 bits per heavy atom. The van der Waals surface area contributed by atoms with Crippen molar-refractivity contribution in [1.82, 2.24) is 0 Å². The first-order chi connectivity index (χ1) is 16.3. The Kier molecular flexibility index (Phi) is 8.16. The Bertz CT molecular complexity index is 1260. The van der Waals surface area contributed by atoms with E-state index < -0.39 is 0 Å². The first kappa shape index (κ1) is 25.5. The van der Waals surface area contributed by atoms with Crippen LogP contribution < -0.4 is 4.90 Å². The molecular weight excluding hydrogens is 446 g/mol. The van der Waals surface area contributed by atoms with Crippen LogP contribution in [0, 0.1) is 6.92 Å². The SMILES string of the molecule is CC(=O)CCc1cccc(C)c1/C=C(\C)C(=O)N1C[C@@H](C)c2c1cc(O)c1ccccc21.CCl. The highest BCUT2D eigenvalue weighted by atomic mass is 35.5. The normalized spacial score (nSPS) is 15.1. The molecule has 0 aliphatic carbocycles. The number of halogens is 1. The van der Waals surface area contributed by atoms with E-state index >= 15 is 0 Å². The van der Waals surface area contributed by atoms with Gasteiger partial charge < -0.3 is 14.8 Å². The quantitative estimate of drug-likeness (QED) is 0.325. The van der Waals surface area contributed by atoms with Crippen LogP contribution in [0.4, 0.5) is 5.69 Å². The van der Waals surface area contributed by atoms with Gasteiger partial charge in [0.15, 0.2) is 0 Å². The molecule has 0 saturated carbocycles. The van der Waals surface area contributed by atoms with Gasteiger partial charge in [-0.2, -0.15) is 0 Å². The topological polar surface area (TPSA) is 57.6 Å². The number of benzene rings is 3. The third-order valence-electron chi connectivity index (χ3n) is 6.39. The monoisotopic (exact) mass is 477 g/mol. The lowest BCUT2D eigenvalue weighted by atomic mass is 9.95. The van der Waals surface area contributed by atoms with Gasteiger partial charge in [0.1, 0.15) is 11.5 Å². The van der Waals surface area contributed by atoms with Crippen LogP contribution in [0.25, 0.3) is 16.8 Å². The molecule has 0 unspecified atom stereocenters. The van der Waals surface area contributed by atoms with Crippen molar-refractivity contribution < 1.29 is 14.7 Å². The zero-order valence-electron chi connectivity index (χ0n) is 20.5. The van der Waals surface area contributed by atoms with E-state index in [4.69, 9.17) is 0 Å². The molecule has 3 aromatic rings. The van der Waals surface area contributed by atoms with Crippen LogP contribution >= 0.6 is 11.6 Å². The van der Waals surface area contributed by atoms with E-state index in [0.717, 1.165) is 38.7 Å². The second-order valence-corrected chi connectivity index (χ2v) is 8.87. The summed E-state index contributed by atoms with van der Waals surface area (Å²) >= 11 is 4.64. The summed E-state index contributed by atoms with van der Waals surface area (Å²) in [7, 11) is 0. The van der Waals surface area contributed by atoms with Crippen molar-refractivity contribution in [2.45, 2.75) is 46.5 Å². The minimum atomic E-state index is -0.0638. The molecule has 0 radical (unpaired) electrons. The highest BCUT2D eigenvalue weighted by Gasteiger charge is 2.32. The standard InChI is InChI=1S/C28H29NO3.CH3Cl/c1-17-8-7-9-21(13-12-20(4)30)24(17)14-18(2)28(32)29-16-19(3)27-23-11-6-5-10-22(23)26(31)15-25(27)29;1-2/h5-11,14-15,19,31H,12-13,16H2,1-4H3;1H3/b18-14+;/t19-;/m1./s1. The van der Waals surface area contributed by atoms with Gasteiger partial charge in [-0.1, -0.05) is 49.4 Å². The maximum absolute atomic E-state index is 13.5. The molecule has 0 aromatic heterocycles. The Labute approximate surface area is 206 Å². The average molecular weight is 478 g/mol. The first-order valence-corrected chi connectivity index (χ1v) is 12.2. The average Bonchev–Trinajstić information content (AvgIpc) is 3.16. The Balaban J connectivity index is 0.00000158. The predicted octanol–water partition coefficient (Wildman–Crippen LogP) is 6.78. The van der Waals surface area contributed by atoms with Gasteiger partial charge in [-0.15, -0.1) is 11.6 Å². The van der Waals surface area contributed by atoms with E-state index in [9.17, 15) is 14.7 Å². The Hall–Kier alpha value is -3.11. The number of aryl methyl sites for hydroxylation is 2. The molecule has 1 heterocycles. The number of phenolic OH excluding ortho intramolecular Hbond substituents is 1. The van der Waals surface area contributed by atoms with E-state index in [1.807, 2.05) is 62.4 Å². The van der Waals surface area contributed by atoms with Crippen LogP contribution in [0.5, 0.6) is 5.75 Å². The summed E-state index contributed by atoms with van der Waals surface area (Å²) in [5.74, 6) is 0.463. The number of alkyl halides is 1. The number of hydrogen-bond donors (Lipinski definition) is 1. The minimum absolute atomic E-state index is 0.0638. The molecule has 0 spiro atoms. The Morgan fingerprint density at radius 1 is 1.09 bits per heavy atom. The summed E-state index contributed by atoms with van der Waals surface area (Å²) < 4.78 is 0. The number of Topliss-reactive ketones (excluding diaryl/α,β-unsaturated/α-hetero) is 1. The fraction of sp³-hybridized carbons (Fsp3) is 0.310. The summed E-state index contributed by atoms with van der Waals surface area (Å²) in [6.45, 7) is 8.17. The van der Waals surface area contributed by atoms with Crippen molar-refractivity contribution in [3.8, 4) is 5.75 Å². The number of carbonyl (C=O) groups is 2. The molecule has 5 heteroatoms. The number of aromatic hydroxyl groups is 1. The van der Waals surface area contributed by atoms with Gasteiger partial charge in [-0.25, -0.2) is 0 Å². The van der Waals surface area contributed by atoms with Gasteiger partial charge in [0.2, 0.25) is 0 Å². The van der Waals surface area contributed by atoms with Crippen LogP contribution in [0.1, 0.15) is 55.4 Å². The summed E-state index contributed by atoms with van der Waals surface area (Å²) in [4.78, 5) is 26.8. The molecule has 1 atom stereocenters.